The highest BCUT2D eigenvalue weighted by atomic mass is 16.5. The molecule has 0 heterocycles. The maximum Gasteiger partial charge on any atom is 0.306 e. The van der Waals surface area contributed by atoms with Crippen LogP contribution in [0.4, 0.5) is 0 Å². The molecule has 1 N–H and O–H groups in total. The van der Waals surface area contributed by atoms with Gasteiger partial charge in [0.05, 0.1) is 12.8 Å². The van der Waals surface area contributed by atoms with E-state index in [9.17, 15) is 9.59 Å². The Kier molecular flexibility index (Phi) is 15.6. The van der Waals surface area contributed by atoms with Gasteiger partial charge in [0.25, 0.3) is 0 Å². The summed E-state index contributed by atoms with van der Waals surface area (Å²) < 4.78 is 6.23. The second-order valence-electron chi connectivity index (χ2n) is 10.9. The molecule has 0 amide bonds. The third kappa shape index (κ3) is 13.4. The van der Waals surface area contributed by atoms with Gasteiger partial charge in [-0.1, -0.05) is 116 Å². The Hall–Kier alpha value is -1.06. The van der Waals surface area contributed by atoms with Gasteiger partial charge in [-0.25, -0.2) is 0 Å². The molecule has 33 heavy (non-hydrogen) atoms. The van der Waals surface area contributed by atoms with Gasteiger partial charge < -0.3 is 9.84 Å². The summed E-state index contributed by atoms with van der Waals surface area (Å²) in [7, 11) is 0. The third-order valence-corrected chi connectivity index (χ3v) is 8.04. The Bertz CT molecular complexity index is 464. The van der Waals surface area contributed by atoms with Crippen molar-refractivity contribution >= 4 is 11.9 Å². The summed E-state index contributed by atoms with van der Waals surface area (Å²) in [5.74, 6) is -0.327. The first-order valence-electron chi connectivity index (χ1n) is 14.6. The molecule has 2 saturated carbocycles. The number of carbonyl (C=O) groups is 2. The average molecular weight is 465 g/mol. The standard InChI is InChI=1S/C29H52O4/c30-27(31)23-24-28(32)33-29(25-19-15-11-7-3-1-4-8-12-16-20-25)26-21-17-13-9-5-2-6-10-14-18-22-26/h25-26,29H,1-24H2,(H,30,31). The summed E-state index contributed by atoms with van der Waals surface area (Å²) in [6, 6.07) is 0. The lowest BCUT2D eigenvalue weighted by molar-refractivity contribution is -0.158. The monoisotopic (exact) mass is 464 g/mol. The number of rotatable bonds is 6. The molecule has 2 fully saturated rings. The largest absolute Gasteiger partial charge is 0.481 e. The van der Waals surface area contributed by atoms with Crippen LogP contribution in [0.3, 0.4) is 0 Å². The van der Waals surface area contributed by atoms with E-state index in [0.717, 1.165) is 25.7 Å². The van der Waals surface area contributed by atoms with E-state index >= 15 is 0 Å². The lowest BCUT2D eigenvalue weighted by atomic mass is 9.78. The molecule has 0 radical (unpaired) electrons. The topological polar surface area (TPSA) is 63.6 Å². The highest BCUT2D eigenvalue weighted by Crippen LogP contribution is 2.34. The number of ether oxygens (including phenoxy) is 1. The average Bonchev–Trinajstić information content (AvgIpc) is 2.77. The van der Waals surface area contributed by atoms with Gasteiger partial charge in [0.15, 0.2) is 0 Å². The molecule has 0 aliphatic heterocycles. The van der Waals surface area contributed by atoms with Crippen molar-refractivity contribution in [3.8, 4) is 0 Å². The Morgan fingerprint density at radius 3 is 1.15 bits per heavy atom. The van der Waals surface area contributed by atoms with Crippen LogP contribution < -0.4 is 0 Å². The number of carbonyl (C=O) groups excluding carboxylic acids is 1. The SMILES string of the molecule is O=C(O)CCC(=O)OC(C1CCCCCCCCCCC1)C1CCCCCCCCCCC1. The molecule has 4 heteroatoms. The minimum Gasteiger partial charge on any atom is -0.481 e. The molecule has 2 aliphatic carbocycles. The van der Waals surface area contributed by atoms with Gasteiger partial charge in [0, 0.05) is 0 Å². The Labute approximate surface area is 203 Å². The fourth-order valence-corrected chi connectivity index (χ4v) is 6.04. The molecule has 192 valence electrons. The maximum atomic E-state index is 12.7. The molecular formula is C29H52O4. The molecule has 2 rings (SSSR count). The van der Waals surface area contributed by atoms with Crippen molar-refractivity contribution < 1.29 is 19.4 Å². The minimum absolute atomic E-state index is 0.00523. The van der Waals surface area contributed by atoms with E-state index in [1.54, 1.807) is 0 Å². The molecule has 2 aliphatic rings. The van der Waals surface area contributed by atoms with E-state index in [0.29, 0.717) is 11.8 Å². The fourth-order valence-electron chi connectivity index (χ4n) is 6.04. The fraction of sp³-hybridized carbons (Fsp3) is 0.931. The highest BCUT2D eigenvalue weighted by molar-refractivity contribution is 5.76. The van der Waals surface area contributed by atoms with Crippen LogP contribution in [-0.4, -0.2) is 23.1 Å². The number of carboxylic acids is 1. The molecule has 0 saturated heterocycles. The molecule has 0 bridgehead atoms. The van der Waals surface area contributed by atoms with Crippen LogP contribution in [0.1, 0.15) is 154 Å². The van der Waals surface area contributed by atoms with E-state index < -0.39 is 5.97 Å². The first-order valence-corrected chi connectivity index (χ1v) is 14.6. The van der Waals surface area contributed by atoms with Crippen LogP contribution in [0.5, 0.6) is 0 Å². The van der Waals surface area contributed by atoms with Crippen molar-refractivity contribution in [3.05, 3.63) is 0 Å². The molecule has 0 aromatic heterocycles. The molecule has 0 aromatic rings. The van der Waals surface area contributed by atoms with Gasteiger partial charge in [-0.3, -0.25) is 9.59 Å². The Morgan fingerprint density at radius 2 is 0.848 bits per heavy atom. The number of esters is 1. The van der Waals surface area contributed by atoms with Crippen molar-refractivity contribution in [2.45, 2.75) is 160 Å². The molecule has 0 spiro atoms. The lowest BCUT2D eigenvalue weighted by Crippen LogP contribution is -2.35. The maximum absolute atomic E-state index is 12.7. The van der Waals surface area contributed by atoms with Crippen molar-refractivity contribution in [1.82, 2.24) is 0 Å². The van der Waals surface area contributed by atoms with Crippen molar-refractivity contribution in [2.24, 2.45) is 11.8 Å². The number of hydrogen-bond acceptors (Lipinski definition) is 3. The van der Waals surface area contributed by atoms with Crippen molar-refractivity contribution in [2.75, 3.05) is 0 Å². The van der Waals surface area contributed by atoms with Gasteiger partial charge in [0.2, 0.25) is 0 Å². The van der Waals surface area contributed by atoms with E-state index in [4.69, 9.17) is 9.84 Å². The second-order valence-corrected chi connectivity index (χ2v) is 10.9. The summed E-state index contributed by atoms with van der Waals surface area (Å²) in [5.41, 5.74) is 0. The van der Waals surface area contributed by atoms with E-state index in [1.165, 1.54) is 116 Å². The zero-order valence-electron chi connectivity index (χ0n) is 21.4. The highest BCUT2D eigenvalue weighted by Gasteiger charge is 2.32. The van der Waals surface area contributed by atoms with E-state index in [-0.39, 0.29) is 24.9 Å². The molecule has 0 aromatic carbocycles. The van der Waals surface area contributed by atoms with Crippen LogP contribution >= 0.6 is 0 Å². The van der Waals surface area contributed by atoms with Crippen LogP contribution in [-0.2, 0) is 14.3 Å². The molecule has 0 atom stereocenters. The van der Waals surface area contributed by atoms with Gasteiger partial charge in [0.1, 0.15) is 6.10 Å². The Balaban J connectivity index is 2.10. The quantitative estimate of drug-likeness (QED) is 0.400. The molecule has 0 unspecified atom stereocenters. The summed E-state index contributed by atoms with van der Waals surface area (Å²) in [6.45, 7) is 0. The van der Waals surface area contributed by atoms with Gasteiger partial charge in [-0.2, -0.15) is 0 Å². The van der Waals surface area contributed by atoms with E-state index in [2.05, 4.69) is 0 Å². The lowest BCUT2D eigenvalue weighted by Gasteiger charge is -2.34. The summed E-state index contributed by atoms with van der Waals surface area (Å²) in [5, 5.41) is 9.04. The minimum atomic E-state index is -0.916. The first-order chi connectivity index (χ1) is 16.2. The zero-order valence-corrected chi connectivity index (χ0v) is 21.4. The predicted molar refractivity (Wildman–Crippen MR) is 135 cm³/mol. The van der Waals surface area contributed by atoms with Gasteiger partial charge in [-0.15, -0.1) is 0 Å². The Morgan fingerprint density at radius 1 is 0.545 bits per heavy atom. The number of aliphatic carboxylic acids is 1. The first kappa shape index (κ1) is 28.2. The van der Waals surface area contributed by atoms with Crippen LogP contribution in [0.15, 0.2) is 0 Å². The van der Waals surface area contributed by atoms with Crippen molar-refractivity contribution in [1.29, 1.82) is 0 Å². The summed E-state index contributed by atoms with van der Waals surface area (Å²) in [6.07, 6.45) is 28.2. The van der Waals surface area contributed by atoms with Crippen LogP contribution in [0.2, 0.25) is 0 Å². The summed E-state index contributed by atoms with van der Waals surface area (Å²) in [4.78, 5) is 23.7. The van der Waals surface area contributed by atoms with Gasteiger partial charge in [-0.05, 0) is 37.5 Å². The van der Waals surface area contributed by atoms with E-state index in [1.807, 2.05) is 0 Å². The molecular weight excluding hydrogens is 412 g/mol. The number of hydrogen-bond donors (Lipinski definition) is 1. The second kappa shape index (κ2) is 18.3. The molecule has 4 nitrogen and oxygen atoms in total. The third-order valence-electron chi connectivity index (χ3n) is 8.04. The van der Waals surface area contributed by atoms with Crippen LogP contribution in [0.25, 0.3) is 0 Å². The van der Waals surface area contributed by atoms with Crippen LogP contribution in [0, 0.1) is 11.8 Å². The number of carboxylic acid groups (broad SMARTS) is 1. The van der Waals surface area contributed by atoms with Gasteiger partial charge >= 0.3 is 11.9 Å². The van der Waals surface area contributed by atoms with Crippen molar-refractivity contribution in [3.63, 3.8) is 0 Å². The predicted octanol–water partition coefficient (Wildman–Crippen LogP) is 8.60. The smallest absolute Gasteiger partial charge is 0.306 e. The summed E-state index contributed by atoms with van der Waals surface area (Å²) >= 11 is 0. The normalized spacial score (nSPS) is 22.3. The zero-order chi connectivity index (χ0) is 23.6.